The van der Waals surface area contributed by atoms with Gasteiger partial charge in [0.05, 0.1) is 25.1 Å². The maximum atomic E-state index is 12.7. The molecule has 1 fully saturated rings. The summed E-state index contributed by atoms with van der Waals surface area (Å²) in [5, 5.41) is 9.92. The van der Waals surface area contributed by atoms with E-state index in [2.05, 4.69) is 15.7 Å². The zero-order chi connectivity index (χ0) is 20.2. The van der Waals surface area contributed by atoms with Crippen molar-refractivity contribution in [2.24, 2.45) is 0 Å². The molecule has 1 aliphatic carbocycles. The number of nitrogens with one attached hydrogen (secondary N) is 2. The second-order valence-electron chi connectivity index (χ2n) is 6.72. The number of ether oxygens (including phenoxy) is 1. The van der Waals surface area contributed by atoms with Gasteiger partial charge in [-0.3, -0.25) is 4.57 Å². The summed E-state index contributed by atoms with van der Waals surface area (Å²) >= 11 is 0. The van der Waals surface area contributed by atoms with Gasteiger partial charge >= 0.3 is 11.7 Å². The molecule has 2 N–H and O–H groups in total. The van der Waals surface area contributed by atoms with Crippen LogP contribution in [-0.2, 0) is 6.54 Å². The van der Waals surface area contributed by atoms with Crippen LogP contribution in [0.5, 0.6) is 5.75 Å². The van der Waals surface area contributed by atoms with Crippen LogP contribution in [0.2, 0.25) is 0 Å². The number of carbonyl (C=O) groups excluding carboxylic acids is 1. The lowest BCUT2D eigenvalue weighted by molar-refractivity contribution is 0.251. The number of amides is 2. The number of hydrogen-bond donors (Lipinski definition) is 2. The predicted octanol–water partition coefficient (Wildman–Crippen LogP) is 2.86. The molecule has 1 aromatic carbocycles. The Morgan fingerprint density at radius 3 is 2.83 bits per heavy atom. The second kappa shape index (κ2) is 8.26. The summed E-state index contributed by atoms with van der Waals surface area (Å²) in [6.45, 7) is 2.89. The minimum Gasteiger partial charge on any atom is -0.492 e. The third-order valence-electron chi connectivity index (χ3n) is 4.57. The molecule has 2 amide bonds. The van der Waals surface area contributed by atoms with Crippen molar-refractivity contribution < 1.29 is 13.9 Å². The Balaban J connectivity index is 1.39. The Morgan fingerprint density at radius 2 is 2.10 bits per heavy atom. The summed E-state index contributed by atoms with van der Waals surface area (Å²) in [5.74, 6) is 1.69. The largest absolute Gasteiger partial charge is 0.492 e. The van der Waals surface area contributed by atoms with Gasteiger partial charge in [0, 0.05) is 12.6 Å². The summed E-state index contributed by atoms with van der Waals surface area (Å²) in [6, 6.07) is 10.6. The molecule has 2 heterocycles. The number of nitrogens with zero attached hydrogens (tertiary/aromatic N) is 3. The molecular formula is C20H23N5O4. The maximum absolute atomic E-state index is 12.7. The lowest BCUT2D eigenvalue weighted by atomic mass is 10.3. The molecular weight excluding hydrogens is 374 g/mol. The van der Waals surface area contributed by atoms with Crippen LogP contribution in [0, 0.1) is 0 Å². The monoisotopic (exact) mass is 397 g/mol. The van der Waals surface area contributed by atoms with Crippen molar-refractivity contribution in [1.29, 1.82) is 0 Å². The van der Waals surface area contributed by atoms with Crippen molar-refractivity contribution in [2.75, 3.05) is 18.5 Å². The van der Waals surface area contributed by atoms with Crippen molar-refractivity contribution in [2.45, 2.75) is 32.4 Å². The Kier molecular flexibility index (Phi) is 5.37. The molecule has 0 unspecified atom stereocenters. The second-order valence-corrected chi connectivity index (χ2v) is 6.72. The van der Waals surface area contributed by atoms with Crippen molar-refractivity contribution in [3.63, 3.8) is 0 Å². The number of carbonyl (C=O) groups is 1. The standard InChI is InChI=1S/C20H23N5O4/c1-2-28-16-7-4-3-6-15(16)22-19(26)21-11-12-24-20(27)25(14-9-10-14)18(23-24)17-8-5-13-29-17/h3-8,13-14H,2,9-12H2,1H3,(H2,21,22,26). The molecule has 152 valence electrons. The number of urea groups is 1. The van der Waals surface area contributed by atoms with Crippen LogP contribution in [0.25, 0.3) is 11.6 Å². The van der Waals surface area contributed by atoms with E-state index in [9.17, 15) is 9.59 Å². The van der Waals surface area contributed by atoms with Gasteiger partial charge in [0.25, 0.3) is 0 Å². The van der Waals surface area contributed by atoms with E-state index in [0.717, 1.165) is 12.8 Å². The molecule has 9 heteroatoms. The molecule has 0 spiro atoms. The van der Waals surface area contributed by atoms with Crippen molar-refractivity contribution in [1.82, 2.24) is 19.7 Å². The van der Waals surface area contributed by atoms with Crippen LogP contribution < -0.4 is 21.1 Å². The highest BCUT2D eigenvalue weighted by Gasteiger charge is 2.31. The minimum absolute atomic E-state index is 0.169. The van der Waals surface area contributed by atoms with E-state index in [1.54, 1.807) is 35.1 Å². The van der Waals surface area contributed by atoms with Gasteiger partial charge in [-0.2, -0.15) is 0 Å². The SMILES string of the molecule is CCOc1ccccc1NC(=O)NCCn1nc(-c2ccco2)n(C2CC2)c1=O. The normalized spacial score (nSPS) is 13.3. The van der Waals surface area contributed by atoms with Gasteiger partial charge in [-0.25, -0.2) is 14.3 Å². The van der Waals surface area contributed by atoms with Crippen LogP contribution in [0.3, 0.4) is 0 Å². The predicted molar refractivity (Wildman–Crippen MR) is 107 cm³/mol. The zero-order valence-electron chi connectivity index (χ0n) is 16.1. The zero-order valence-corrected chi connectivity index (χ0v) is 16.1. The fraction of sp³-hybridized carbons (Fsp3) is 0.350. The van der Waals surface area contributed by atoms with Gasteiger partial charge in [0.15, 0.2) is 5.76 Å². The fourth-order valence-electron chi connectivity index (χ4n) is 3.09. The summed E-state index contributed by atoms with van der Waals surface area (Å²) in [4.78, 5) is 24.9. The highest BCUT2D eigenvalue weighted by molar-refractivity contribution is 5.90. The molecule has 3 aromatic rings. The van der Waals surface area contributed by atoms with Gasteiger partial charge in [0.2, 0.25) is 5.82 Å². The van der Waals surface area contributed by atoms with E-state index in [1.165, 1.54) is 4.68 Å². The third-order valence-corrected chi connectivity index (χ3v) is 4.57. The Labute approximate surface area is 167 Å². The number of para-hydroxylation sites is 2. The first-order valence-corrected chi connectivity index (χ1v) is 9.67. The average molecular weight is 397 g/mol. The summed E-state index contributed by atoms with van der Waals surface area (Å²) in [5.41, 5.74) is 0.393. The molecule has 0 aliphatic heterocycles. The third kappa shape index (κ3) is 4.18. The summed E-state index contributed by atoms with van der Waals surface area (Å²) < 4.78 is 14.0. The van der Waals surface area contributed by atoms with Gasteiger partial charge in [0.1, 0.15) is 5.75 Å². The number of aromatic nitrogens is 3. The van der Waals surface area contributed by atoms with Crippen molar-refractivity contribution >= 4 is 11.7 Å². The van der Waals surface area contributed by atoms with Crippen molar-refractivity contribution in [3.8, 4) is 17.3 Å². The van der Waals surface area contributed by atoms with E-state index < -0.39 is 0 Å². The first-order chi connectivity index (χ1) is 14.2. The number of rotatable bonds is 8. The van der Waals surface area contributed by atoms with E-state index in [0.29, 0.717) is 29.6 Å². The maximum Gasteiger partial charge on any atom is 0.346 e. The molecule has 2 aromatic heterocycles. The number of benzene rings is 1. The van der Waals surface area contributed by atoms with Crippen LogP contribution >= 0.6 is 0 Å². The highest BCUT2D eigenvalue weighted by Crippen LogP contribution is 2.36. The highest BCUT2D eigenvalue weighted by atomic mass is 16.5. The Hall–Kier alpha value is -3.49. The van der Waals surface area contributed by atoms with Crippen LogP contribution in [-0.4, -0.2) is 33.5 Å². The van der Waals surface area contributed by atoms with Crippen LogP contribution in [0.15, 0.2) is 51.9 Å². The number of furan rings is 1. The molecule has 0 radical (unpaired) electrons. The molecule has 1 saturated carbocycles. The summed E-state index contributed by atoms with van der Waals surface area (Å²) in [7, 11) is 0. The smallest absolute Gasteiger partial charge is 0.346 e. The Bertz CT molecular complexity index is 1030. The molecule has 9 nitrogen and oxygen atoms in total. The number of hydrogen-bond acceptors (Lipinski definition) is 5. The topological polar surface area (TPSA) is 103 Å². The van der Waals surface area contributed by atoms with Gasteiger partial charge < -0.3 is 19.8 Å². The quantitative estimate of drug-likeness (QED) is 0.608. The first kappa shape index (κ1) is 18.9. The lowest BCUT2D eigenvalue weighted by Gasteiger charge is -2.11. The van der Waals surface area contributed by atoms with Gasteiger partial charge in [-0.05, 0) is 44.0 Å². The van der Waals surface area contributed by atoms with E-state index in [-0.39, 0.29) is 30.9 Å². The molecule has 1 aliphatic rings. The molecule has 4 rings (SSSR count). The van der Waals surface area contributed by atoms with E-state index in [1.807, 2.05) is 19.1 Å². The fourth-order valence-corrected chi connectivity index (χ4v) is 3.09. The summed E-state index contributed by atoms with van der Waals surface area (Å²) in [6.07, 6.45) is 3.47. The molecule has 0 saturated heterocycles. The molecule has 0 bridgehead atoms. The number of anilines is 1. The Morgan fingerprint density at radius 1 is 1.28 bits per heavy atom. The first-order valence-electron chi connectivity index (χ1n) is 9.67. The average Bonchev–Trinajstić information content (AvgIpc) is 3.28. The molecule has 29 heavy (non-hydrogen) atoms. The van der Waals surface area contributed by atoms with Crippen LogP contribution in [0.1, 0.15) is 25.8 Å². The van der Waals surface area contributed by atoms with Crippen LogP contribution in [0.4, 0.5) is 10.5 Å². The van der Waals surface area contributed by atoms with Gasteiger partial charge in [-0.1, -0.05) is 12.1 Å². The van der Waals surface area contributed by atoms with E-state index >= 15 is 0 Å². The van der Waals surface area contributed by atoms with E-state index in [4.69, 9.17) is 9.15 Å². The molecule has 0 atom stereocenters. The van der Waals surface area contributed by atoms with Gasteiger partial charge in [-0.15, -0.1) is 5.10 Å². The lowest BCUT2D eigenvalue weighted by Crippen LogP contribution is -2.34. The van der Waals surface area contributed by atoms with Crippen molar-refractivity contribution in [3.05, 3.63) is 53.1 Å². The minimum atomic E-state index is -0.377.